The van der Waals surface area contributed by atoms with Crippen LogP contribution in [0.1, 0.15) is 23.5 Å². The molecule has 1 saturated heterocycles. The lowest BCUT2D eigenvalue weighted by atomic mass is 9.90. The Balaban J connectivity index is 1.47. The first-order valence-corrected chi connectivity index (χ1v) is 10.2. The average Bonchev–Trinajstić information content (AvgIpc) is 3.24. The molecule has 1 aliphatic heterocycles. The van der Waals surface area contributed by atoms with Crippen LogP contribution in [0.3, 0.4) is 0 Å². The molecule has 4 rings (SSSR count). The van der Waals surface area contributed by atoms with Crippen LogP contribution >= 0.6 is 0 Å². The number of amides is 1. The summed E-state index contributed by atoms with van der Waals surface area (Å²) in [6.45, 7) is 1.22. The smallest absolute Gasteiger partial charge is 0.234 e. The lowest BCUT2D eigenvalue weighted by Gasteiger charge is -2.24. The van der Waals surface area contributed by atoms with Gasteiger partial charge in [0.25, 0.3) is 0 Å². The van der Waals surface area contributed by atoms with Crippen molar-refractivity contribution in [3.8, 4) is 5.88 Å². The van der Waals surface area contributed by atoms with Crippen LogP contribution in [0.2, 0.25) is 0 Å². The number of rotatable bonds is 6. The molecule has 1 unspecified atom stereocenters. The van der Waals surface area contributed by atoms with Gasteiger partial charge in [-0.1, -0.05) is 60.7 Å². The SMILES string of the molecule is CN(C)c1ccc(OC2CCN(C(=O)C(c3ccccc3)c3ccccc3)C2)nn1. The van der Waals surface area contributed by atoms with Crippen molar-refractivity contribution in [3.05, 3.63) is 83.9 Å². The molecule has 1 amide bonds. The third-order valence-corrected chi connectivity index (χ3v) is 5.34. The number of benzene rings is 2. The highest BCUT2D eigenvalue weighted by molar-refractivity contribution is 5.87. The third kappa shape index (κ3) is 4.43. The minimum Gasteiger partial charge on any atom is -0.471 e. The van der Waals surface area contributed by atoms with Crippen molar-refractivity contribution >= 4 is 11.7 Å². The molecule has 0 N–H and O–H groups in total. The van der Waals surface area contributed by atoms with E-state index in [1.807, 2.05) is 96.7 Å². The van der Waals surface area contributed by atoms with Gasteiger partial charge in [-0.25, -0.2) is 0 Å². The van der Waals surface area contributed by atoms with Crippen molar-refractivity contribution in [2.45, 2.75) is 18.4 Å². The fraction of sp³-hybridized carbons (Fsp3) is 0.292. The highest BCUT2D eigenvalue weighted by Gasteiger charge is 2.33. The van der Waals surface area contributed by atoms with E-state index >= 15 is 0 Å². The van der Waals surface area contributed by atoms with E-state index in [0.717, 1.165) is 23.4 Å². The van der Waals surface area contributed by atoms with Gasteiger partial charge in [0.15, 0.2) is 5.82 Å². The summed E-state index contributed by atoms with van der Waals surface area (Å²) < 4.78 is 6.00. The first kappa shape index (κ1) is 19.9. The van der Waals surface area contributed by atoms with Crippen molar-refractivity contribution in [1.82, 2.24) is 15.1 Å². The second-order valence-electron chi connectivity index (χ2n) is 7.69. The van der Waals surface area contributed by atoms with Crippen molar-refractivity contribution in [3.63, 3.8) is 0 Å². The lowest BCUT2D eigenvalue weighted by molar-refractivity contribution is -0.131. The summed E-state index contributed by atoms with van der Waals surface area (Å²) in [5.41, 5.74) is 2.01. The minimum absolute atomic E-state index is 0.0827. The van der Waals surface area contributed by atoms with Gasteiger partial charge in [-0.2, -0.15) is 0 Å². The van der Waals surface area contributed by atoms with Crippen LogP contribution in [0.4, 0.5) is 5.82 Å². The third-order valence-electron chi connectivity index (χ3n) is 5.34. The topological polar surface area (TPSA) is 58.6 Å². The Bertz CT molecular complexity index is 922. The van der Waals surface area contributed by atoms with E-state index in [-0.39, 0.29) is 17.9 Å². The highest BCUT2D eigenvalue weighted by atomic mass is 16.5. The first-order valence-electron chi connectivity index (χ1n) is 10.2. The number of ether oxygens (including phenoxy) is 1. The molecule has 0 aliphatic carbocycles. The fourth-order valence-electron chi connectivity index (χ4n) is 3.76. The van der Waals surface area contributed by atoms with Crippen LogP contribution < -0.4 is 9.64 Å². The number of hydrogen-bond donors (Lipinski definition) is 0. The van der Waals surface area contributed by atoms with Gasteiger partial charge < -0.3 is 14.5 Å². The van der Waals surface area contributed by atoms with Crippen molar-refractivity contribution in [2.24, 2.45) is 0 Å². The van der Waals surface area contributed by atoms with Crippen molar-refractivity contribution < 1.29 is 9.53 Å². The molecule has 1 fully saturated rings. The molecule has 6 nitrogen and oxygen atoms in total. The number of nitrogens with zero attached hydrogens (tertiary/aromatic N) is 4. The molecule has 30 heavy (non-hydrogen) atoms. The van der Waals surface area contributed by atoms with E-state index in [2.05, 4.69) is 10.2 Å². The monoisotopic (exact) mass is 402 g/mol. The van der Waals surface area contributed by atoms with E-state index in [0.29, 0.717) is 19.0 Å². The van der Waals surface area contributed by atoms with E-state index in [1.165, 1.54) is 0 Å². The second kappa shape index (κ2) is 8.95. The largest absolute Gasteiger partial charge is 0.471 e. The summed E-state index contributed by atoms with van der Waals surface area (Å²) in [5, 5.41) is 8.30. The maximum Gasteiger partial charge on any atom is 0.234 e. The fourth-order valence-corrected chi connectivity index (χ4v) is 3.76. The Morgan fingerprint density at radius 2 is 1.60 bits per heavy atom. The molecule has 0 bridgehead atoms. The molecule has 0 radical (unpaired) electrons. The maximum absolute atomic E-state index is 13.5. The number of anilines is 1. The quantitative estimate of drug-likeness (QED) is 0.633. The molecule has 2 heterocycles. The van der Waals surface area contributed by atoms with Gasteiger partial charge in [0.05, 0.1) is 12.5 Å². The van der Waals surface area contributed by atoms with Crippen molar-refractivity contribution in [2.75, 3.05) is 32.1 Å². The van der Waals surface area contributed by atoms with E-state index < -0.39 is 0 Å². The van der Waals surface area contributed by atoms with Crippen LogP contribution in [0, 0.1) is 0 Å². The Morgan fingerprint density at radius 1 is 0.967 bits per heavy atom. The van der Waals surface area contributed by atoms with Crippen LogP contribution in [0.25, 0.3) is 0 Å². The molecular formula is C24H26N4O2. The number of likely N-dealkylation sites (tertiary alicyclic amines) is 1. The maximum atomic E-state index is 13.5. The standard InChI is InChI=1S/C24H26N4O2/c1-27(2)21-13-14-22(26-25-21)30-20-15-16-28(17-20)24(29)23(18-9-5-3-6-10-18)19-11-7-4-8-12-19/h3-14,20,23H,15-17H2,1-2H3. The van der Waals surface area contributed by atoms with Crippen LogP contribution in [0.5, 0.6) is 5.88 Å². The molecule has 3 aromatic rings. The molecule has 2 aromatic carbocycles. The average molecular weight is 402 g/mol. The Morgan fingerprint density at radius 3 is 2.13 bits per heavy atom. The number of hydrogen-bond acceptors (Lipinski definition) is 5. The number of carbonyl (C=O) groups is 1. The molecule has 1 aliphatic rings. The zero-order chi connectivity index (χ0) is 20.9. The summed E-state index contributed by atoms with van der Waals surface area (Å²) in [5.74, 6) is 1.06. The Labute approximate surface area is 177 Å². The summed E-state index contributed by atoms with van der Waals surface area (Å²) >= 11 is 0. The molecule has 1 aromatic heterocycles. The van der Waals surface area contributed by atoms with Gasteiger partial charge in [0.1, 0.15) is 6.10 Å². The van der Waals surface area contributed by atoms with E-state index in [9.17, 15) is 4.79 Å². The summed E-state index contributed by atoms with van der Waals surface area (Å²) in [7, 11) is 3.84. The zero-order valence-electron chi connectivity index (χ0n) is 17.3. The second-order valence-corrected chi connectivity index (χ2v) is 7.69. The van der Waals surface area contributed by atoms with Gasteiger partial charge in [-0.15, -0.1) is 10.2 Å². The Hall–Kier alpha value is -3.41. The zero-order valence-corrected chi connectivity index (χ0v) is 17.3. The van der Waals surface area contributed by atoms with Gasteiger partial charge in [0, 0.05) is 33.1 Å². The van der Waals surface area contributed by atoms with Gasteiger partial charge in [-0.05, 0) is 17.2 Å². The van der Waals surface area contributed by atoms with Gasteiger partial charge >= 0.3 is 0 Å². The van der Waals surface area contributed by atoms with E-state index in [4.69, 9.17) is 4.74 Å². The van der Waals surface area contributed by atoms with Crippen molar-refractivity contribution in [1.29, 1.82) is 0 Å². The van der Waals surface area contributed by atoms with Crippen LogP contribution in [-0.2, 0) is 4.79 Å². The molecule has 154 valence electrons. The van der Waals surface area contributed by atoms with Gasteiger partial charge in [-0.3, -0.25) is 4.79 Å². The summed E-state index contributed by atoms with van der Waals surface area (Å²) in [6.07, 6.45) is 0.694. The molecule has 6 heteroatoms. The van der Waals surface area contributed by atoms with E-state index in [1.54, 1.807) is 0 Å². The predicted molar refractivity (Wildman–Crippen MR) is 117 cm³/mol. The minimum atomic E-state index is -0.315. The molecule has 1 atom stereocenters. The lowest BCUT2D eigenvalue weighted by Crippen LogP contribution is -2.35. The predicted octanol–water partition coefficient (Wildman–Crippen LogP) is 3.35. The molecular weight excluding hydrogens is 376 g/mol. The van der Waals surface area contributed by atoms with Crippen LogP contribution in [-0.4, -0.2) is 54.3 Å². The summed E-state index contributed by atoms with van der Waals surface area (Å²) in [4.78, 5) is 17.3. The number of carbonyl (C=O) groups excluding carboxylic acids is 1. The Kier molecular flexibility index (Phi) is 5.93. The molecule has 0 saturated carbocycles. The van der Waals surface area contributed by atoms with Crippen LogP contribution in [0.15, 0.2) is 72.8 Å². The van der Waals surface area contributed by atoms with Gasteiger partial charge in [0.2, 0.25) is 11.8 Å². The first-order chi connectivity index (χ1) is 14.6. The highest BCUT2D eigenvalue weighted by Crippen LogP contribution is 2.29. The summed E-state index contributed by atoms with van der Waals surface area (Å²) in [6, 6.07) is 23.6. The normalized spacial score (nSPS) is 16.0. The number of aromatic nitrogens is 2. The molecule has 0 spiro atoms.